The minimum absolute atomic E-state index is 0.225. The third kappa shape index (κ3) is 4.66. The molecule has 0 amide bonds. The minimum Gasteiger partial charge on any atom is -0.443 e. The molecular weight excluding hydrogens is 355 g/mol. The number of nitrogens with zero attached hydrogens (tertiary/aromatic N) is 1. The Morgan fingerprint density at radius 2 is 1.76 bits per heavy atom. The summed E-state index contributed by atoms with van der Waals surface area (Å²) < 4.78 is 43.8. The van der Waals surface area contributed by atoms with Gasteiger partial charge in [0, 0.05) is 5.39 Å². The molecule has 0 spiro atoms. The summed E-state index contributed by atoms with van der Waals surface area (Å²) in [5, 5.41) is 0.529. The maximum atomic E-state index is 12.5. The summed E-state index contributed by atoms with van der Waals surface area (Å²) in [4.78, 5) is 24.2. The average molecular weight is 371 g/mol. The van der Waals surface area contributed by atoms with E-state index in [-0.39, 0.29) is 5.69 Å². The first-order valence-electron chi connectivity index (χ1n) is 7.22. The second-order valence-corrected chi connectivity index (χ2v) is 7.36. The van der Waals surface area contributed by atoms with E-state index in [1.165, 1.54) is 6.07 Å². The van der Waals surface area contributed by atoms with Gasteiger partial charge in [-0.1, -0.05) is 24.8 Å². The molecule has 2 rings (SSSR count). The van der Waals surface area contributed by atoms with E-state index in [2.05, 4.69) is 6.58 Å². The number of para-hydroxylation sites is 1. The molecule has 134 valence electrons. The van der Waals surface area contributed by atoms with Crippen molar-refractivity contribution >= 4 is 34.5 Å². The molecule has 8 heteroatoms. The lowest BCUT2D eigenvalue weighted by Crippen LogP contribution is -2.29. The summed E-state index contributed by atoms with van der Waals surface area (Å²) in [5.74, 6) is -0.982. The van der Waals surface area contributed by atoms with Crippen molar-refractivity contribution in [3.05, 3.63) is 47.5 Å². The summed E-state index contributed by atoms with van der Waals surface area (Å²) in [7, 11) is 0. The number of halogens is 3. The molecule has 1 heterocycles. The summed E-state index contributed by atoms with van der Waals surface area (Å²) in [6.07, 6.45) is -0.846. The van der Waals surface area contributed by atoms with Crippen molar-refractivity contribution in [1.29, 1.82) is 0 Å². The van der Waals surface area contributed by atoms with Gasteiger partial charge in [0.15, 0.2) is 0 Å². The van der Waals surface area contributed by atoms with Crippen LogP contribution in [0.4, 0.5) is 18.0 Å². The summed E-state index contributed by atoms with van der Waals surface area (Å²) in [5.41, 5.74) is -5.34. The lowest BCUT2D eigenvalue weighted by molar-refractivity contribution is -0.0322. The van der Waals surface area contributed by atoms with Crippen molar-refractivity contribution in [3.63, 3.8) is 0 Å². The van der Waals surface area contributed by atoms with Crippen LogP contribution in [0, 0.1) is 0 Å². The van der Waals surface area contributed by atoms with E-state index in [0.29, 0.717) is 10.9 Å². The third-order valence-corrected chi connectivity index (χ3v) is 3.67. The molecule has 1 aromatic heterocycles. The number of rotatable bonds is 3. The van der Waals surface area contributed by atoms with Crippen molar-refractivity contribution in [1.82, 2.24) is 4.57 Å². The smallest absolute Gasteiger partial charge is 0.443 e. The zero-order valence-corrected chi connectivity index (χ0v) is 14.6. The largest absolute Gasteiger partial charge is 0.446 e. The molecule has 0 atom stereocenters. The predicted molar refractivity (Wildman–Crippen MR) is 90.7 cm³/mol. The van der Waals surface area contributed by atoms with Crippen LogP contribution < -0.4 is 0 Å². The van der Waals surface area contributed by atoms with E-state index in [1.807, 2.05) is 0 Å². The van der Waals surface area contributed by atoms with Gasteiger partial charge in [-0.3, -0.25) is 4.79 Å². The number of hydrogen-bond donors (Lipinski definition) is 0. The highest BCUT2D eigenvalue weighted by Gasteiger charge is 2.34. The number of allylic oxidation sites excluding steroid dienone is 1. The molecule has 1 aromatic carbocycles. The van der Waals surface area contributed by atoms with E-state index in [0.717, 1.165) is 4.57 Å². The second-order valence-electron chi connectivity index (χ2n) is 6.20. The summed E-state index contributed by atoms with van der Waals surface area (Å²) in [6, 6.07) is 7.91. The van der Waals surface area contributed by atoms with Crippen LogP contribution in [0.1, 0.15) is 31.3 Å². The standard InChI is InChI=1S/C17H16F3NO3S/c1-10(25-17(18,19)20)14(22)13-9-11-7-5-6-8-12(11)21(13)15(23)24-16(2,3)4/h5-9H,1H2,2-4H3. The first-order valence-corrected chi connectivity index (χ1v) is 8.04. The highest BCUT2D eigenvalue weighted by molar-refractivity contribution is 8.04. The van der Waals surface area contributed by atoms with Gasteiger partial charge in [0.05, 0.1) is 10.4 Å². The topological polar surface area (TPSA) is 48.3 Å². The third-order valence-electron chi connectivity index (χ3n) is 3.01. The van der Waals surface area contributed by atoms with E-state index in [9.17, 15) is 22.8 Å². The van der Waals surface area contributed by atoms with Crippen molar-refractivity contribution < 1.29 is 27.5 Å². The minimum atomic E-state index is -4.64. The molecule has 0 saturated carbocycles. The van der Waals surface area contributed by atoms with Gasteiger partial charge >= 0.3 is 11.6 Å². The van der Waals surface area contributed by atoms with E-state index < -0.39 is 39.7 Å². The Kier molecular flexibility index (Phi) is 5.04. The van der Waals surface area contributed by atoms with Gasteiger partial charge in [-0.05, 0) is 44.7 Å². The lowest BCUT2D eigenvalue weighted by atomic mass is 10.2. The number of carbonyl (C=O) groups excluding carboxylic acids is 2. The molecule has 0 fully saturated rings. The van der Waals surface area contributed by atoms with Crippen molar-refractivity contribution in [2.75, 3.05) is 0 Å². The van der Waals surface area contributed by atoms with Crippen LogP contribution in [-0.2, 0) is 4.74 Å². The maximum Gasteiger partial charge on any atom is 0.446 e. The van der Waals surface area contributed by atoms with Gasteiger partial charge < -0.3 is 4.74 Å². The highest BCUT2D eigenvalue weighted by atomic mass is 32.2. The number of aromatic nitrogens is 1. The number of ketones is 1. The number of alkyl halides is 3. The monoisotopic (exact) mass is 371 g/mol. The van der Waals surface area contributed by atoms with E-state index >= 15 is 0 Å². The van der Waals surface area contributed by atoms with Gasteiger partial charge in [-0.25, -0.2) is 9.36 Å². The Balaban J connectivity index is 2.52. The molecule has 25 heavy (non-hydrogen) atoms. The Labute approximate surface area is 146 Å². The first kappa shape index (κ1) is 19.1. The zero-order valence-electron chi connectivity index (χ0n) is 13.8. The molecule has 0 radical (unpaired) electrons. The van der Waals surface area contributed by atoms with Crippen LogP contribution in [0.15, 0.2) is 41.8 Å². The Morgan fingerprint density at radius 3 is 2.32 bits per heavy atom. The van der Waals surface area contributed by atoms with E-state index in [1.54, 1.807) is 45.0 Å². The zero-order chi connectivity index (χ0) is 19.0. The molecule has 0 unspecified atom stereocenters. The van der Waals surface area contributed by atoms with Crippen LogP contribution in [0.25, 0.3) is 10.9 Å². The fourth-order valence-corrected chi connectivity index (χ4v) is 2.63. The molecule has 4 nitrogen and oxygen atoms in total. The van der Waals surface area contributed by atoms with Crippen molar-refractivity contribution in [2.45, 2.75) is 31.9 Å². The number of ether oxygens (including phenoxy) is 1. The number of hydrogen-bond acceptors (Lipinski definition) is 4. The highest BCUT2D eigenvalue weighted by Crippen LogP contribution is 2.37. The van der Waals surface area contributed by atoms with Crippen molar-refractivity contribution in [3.8, 4) is 0 Å². The fraction of sp³-hybridized carbons (Fsp3) is 0.294. The van der Waals surface area contributed by atoms with E-state index in [4.69, 9.17) is 4.74 Å². The first-order chi connectivity index (χ1) is 11.4. The van der Waals surface area contributed by atoms with Crippen LogP contribution in [0.3, 0.4) is 0 Å². The van der Waals surface area contributed by atoms with Gasteiger partial charge in [-0.2, -0.15) is 13.2 Å². The predicted octanol–water partition coefficient (Wildman–Crippen LogP) is 5.37. The van der Waals surface area contributed by atoms with Gasteiger partial charge in [0.25, 0.3) is 0 Å². The van der Waals surface area contributed by atoms with Gasteiger partial charge in [0.2, 0.25) is 5.78 Å². The Bertz CT molecular complexity index is 847. The van der Waals surface area contributed by atoms with Crippen LogP contribution in [0.2, 0.25) is 0 Å². The summed E-state index contributed by atoms with van der Waals surface area (Å²) >= 11 is -0.606. The normalized spacial score (nSPS) is 12.2. The number of carbonyl (C=O) groups is 2. The summed E-state index contributed by atoms with van der Waals surface area (Å²) in [6.45, 7) is 8.14. The molecule has 0 aliphatic rings. The molecule has 0 bridgehead atoms. The van der Waals surface area contributed by atoms with Gasteiger partial charge in [0.1, 0.15) is 11.3 Å². The number of fused-ring (bicyclic) bond motifs is 1. The molecule has 0 aliphatic heterocycles. The molecule has 0 aliphatic carbocycles. The SMILES string of the molecule is C=C(SC(F)(F)F)C(=O)c1cc2ccccc2n1C(=O)OC(C)(C)C. The molecule has 2 aromatic rings. The Morgan fingerprint density at radius 1 is 1.16 bits per heavy atom. The lowest BCUT2D eigenvalue weighted by Gasteiger charge is -2.20. The average Bonchev–Trinajstić information content (AvgIpc) is 2.82. The van der Waals surface area contributed by atoms with Crippen LogP contribution in [0.5, 0.6) is 0 Å². The number of benzene rings is 1. The Hall–Kier alpha value is -2.22. The molecular formula is C17H16F3NO3S. The fourth-order valence-electron chi connectivity index (χ4n) is 2.16. The van der Waals surface area contributed by atoms with Crippen LogP contribution >= 0.6 is 11.8 Å². The maximum absolute atomic E-state index is 12.5. The second kappa shape index (κ2) is 6.59. The number of thioether (sulfide) groups is 1. The molecule has 0 saturated heterocycles. The van der Waals surface area contributed by atoms with Crippen molar-refractivity contribution in [2.24, 2.45) is 0 Å². The van der Waals surface area contributed by atoms with Gasteiger partial charge in [-0.15, -0.1) is 0 Å². The molecule has 0 N–H and O–H groups in total. The van der Waals surface area contributed by atoms with Crippen LogP contribution in [-0.4, -0.2) is 27.6 Å². The number of Topliss-reactive ketones (excluding diaryl/α,β-unsaturated/α-hetero) is 1. The quantitative estimate of drug-likeness (QED) is 0.537.